The molecule has 1 aliphatic carbocycles. The summed E-state index contributed by atoms with van der Waals surface area (Å²) in [5.41, 5.74) is 0. The van der Waals surface area contributed by atoms with Gasteiger partial charge < -0.3 is 45.2 Å². The fraction of sp³-hybridized carbons (Fsp3) is 0.808. The van der Waals surface area contributed by atoms with Gasteiger partial charge in [-0.15, -0.1) is 0 Å². The number of amides is 3. The van der Waals surface area contributed by atoms with Crippen LogP contribution in [0, 0.1) is 5.92 Å². The number of urea groups is 1. The van der Waals surface area contributed by atoms with E-state index in [9.17, 15) is 24.0 Å². The Morgan fingerprint density at radius 3 is 2.02 bits per heavy atom. The lowest BCUT2D eigenvalue weighted by Gasteiger charge is -2.34. The first kappa shape index (κ1) is 36.4. The topological polar surface area (TPSA) is 197 Å². The second-order valence-electron chi connectivity index (χ2n) is 10.2. The number of rotatable bonds is 14. The fourth-order valence-corrected chi connectivity index (χ4v) is 5.26. The van der Waals surface area contributed by atoms with Crippen molar-refractivity contribution in [3.63, 3.8) is 0 Å². The molecular formula is C26H46N4O10S. The molecule has 2 rings (SSSR count). The van der Waals surface area contributed by atoms with E-state index in [4.69, 9.17) is 20.4 Å². The second-order valence-corrected chi connectivity index (χ2v) is 11.5. The van der Waals surface area contributed by atoms with Crippen LogP contribution in [-0.2, 0) is 23.9 Å². The Bertz CT molecular complexity index is 832. The van der Waals surface area contributed by atoms with Crippen LogP contribution in [0.4, 0.5) is 4.79 Å². The van der Waals surface area contributed by atoms with Gasteiger partial charge in [-0.05, 0) is 26.3 Å². The van der Waals surface area contributed by atoms with Crippen molar-refractivity contribution in [1.29, 1.82) is 0 Å². The van der Waals surface area contributed by atoms with Gasteiger partial charge in [-0.3, -0.25) is 9.59 Å². The van der Waals surface area contributed by atoms with Crippen LogP contribution in [0.25, 0.3) is 0 Å². The zero-order valence-electron chi connectivity index (χ0n) is 24.2. The van der Waals surface area contributed by atoms with Crippen molar-refractivity contribution >= 4 is 41.6 Å². The van der Waals surface area contributed by atoms with E-state index < -0.39 is 30.2 Å². The van der Waals surface area contributed by atoms with E-state index in [1.807, 2.05) is 9.80 Å². The quantitative estimate of drug-likeness (QED) is 0.130. The molecule has 0 aromatic carbocycles. The number of nitrogens with one attached hydrogen (secondary N) is 1. The van der Waals surface area contributed by atoms with Crippen molar-refractivity contribution in [2.75, 3.05) is 64.9 Å². The molecular weight excluding hydrogens is 560 g/mol. The van der Waals surface area contributed by atoms with Crippen LogP contribution in [0.15, 0.2) is 0 Å². The minimum absolute atomic E-state index is 0.00959. The lowest BCUT2D eigenvalue weighted by Crippen LogP contribution is -2.55. The summed E-state index contributed by atoms with van der Waals surface area (Å²) in [4.78, 5) is 62.4. The van der Waals surface area contributed by atoms with E-state index in [-0.39, 0.29) is 17.9 Å². The Balaban J connectivity index is 0.000000716. The number of nitrogens with zero attached hydrogens (tertiary/aromatic N) is 3. The number of aliphatic hydroxyl groups excluding tert-OH is 2. The average molecular weight is 607 g/mol. The molecule has 14 nitrogen and oxygen atoms in total. The number of thioether (sulfide) groups is 1. The molecule has 41 heavy (non-hydrogen) atoms. The first-order valence-corrected chi connectivity index (χ1v) is 15.0. The number of esters is 1. The minimum Gasteiger partial charge on any atom is -0.479 e. The van der Waals surface area contributed by atoms with Crippen molar-refractivity contribution in [3.05, 3.63) is 0 Å². The lowest BCUT2D eigenvalue weighted by atomic mass is 10.0. The first-order valence-electron chi connectivity index (χ1n) is 13.9. The number of methoxy groups -OCH3 is 1. The van der Waals surface area contributed by atoms with Gasteiger partial charge in [0.25, 0.3) is 0 Å². The third kappa shape index (κ3) is 14.2. The van der Waals surface area contributed by atoms with Gasteiger partial charge in [0.15, 0.2) is 12.2 Å². The Kier molecular flexibility index (Phi) is 17.3. The fourth-order valence-electron chi connectivity index (χ4n) is 4.40. The number of carboxylic acids is 2. The predicted octanol–water partition coefficient (Wildman–Crippen LogP) is -0.0855. The van der Waals surface area contributed by atoms with Crippen molar-refractivity contribution in [2.45, 2.75) is 63.7 Å². The molecule has 5 N–H and O–H groups in total. The Morgan fingerprint density at radius 2 is 1.51 bits per heavy atom. The molecule has 0 bridgehead atoms. The molecule has 0 unspecified atom stereocenters. The van der Waals surface area contributed by atoms with Gasteiger partial charge >= 0.3 is 23.9 Å². The van der Waals surface area contributed by atoms with Crippen LogP contribution in [0.5, 0.6) is 0 Å². The lowest BCUT2D eigenvalue weighted by molar-refractivity contribution is -0.165. The summed E-state index contributed by atoms with van der Waals surface area (Å²) in [5, 5.41) is 35.5. The number of hydrogen-bond donors (Lipinski definition) is 5. The van der Waals surface area contributed by atoms with Crippen LogP contribution < -0.4 is 5.32 Å². The van der Waals surface area contributed by atoms with Gasteiger partial charge in [0.2, 0.25) is 5.91 Å². The molecule has 15 heteroatoms. The summed E-state index contributed by atoms with van der Waals surface area (Å²) in [5.74, 6) is -1.61. The Morgan fingerprint density at radius 1 is 0.951 bits per heavy atom. The molecule has 3 atom stereocenters. The first-order chi connectivity index (χ1) is 19.4. The minimum atomic E-state index is -2.27. The molecule has 1 heterocycles. The van der Waals surface area contributed by atoms with E-state index in [0.29, 0.717) is 44.3 Å². The molecule has 0 aromatic rings. The molecule has 0 radical (unpaired) electrons. The number of aliphatic hydroxyl groups is 2. The van der Waals surface area contributed by atoms with E-state index in [2.05, 4.69) is 22.0 Å². The highest BCUT2D eigenvalue weighted by Crippen LogP contribution is 2.27. The molecule has 0 aromatic heterocycles. The summed E-state index contributed by atoms with van der Waals surface area (Å²) in [6, 6.07) is -0.696. The highest BCUT2D eigenvalue weighted by atomic mass is 32.2. The average Bonchev–Trinajstić information content (AvgIpc) is 3.47. The molecule has 236 valence electrons. The smallest absolute Gasteiger partial charge is 0.335 e. The third-order valence-corrected chi connectivity index (χ3v) is 8.05. The normalized spacial score (nSPS) is 17.9. The van der Waals surface area contributed by atoms with Crippen LogP contribution in [0.2, 0.25) is 0 Å². The summed E-state index contributed by atoms with van der Waals surface area (Å²) in [7, 11) is 3.45. The highest BCUT2D eigenvalue weighted by molar-refractivity contribution is 7.99. The standard InChI is InChI=1S/C22H40N4O4S.C4H6O6/c1-18(21(28)25-13-11-24(2)12-14-25)23-22(29)26(10-8-19-6-4-5-7-19)15-17-31-16-9-20(27)30-3;5-1(3(7)8)2(6)4(9)10/h18-19H,4-17H2,1-3H3,(H,23,29);1-2,5-6H,(H,7,8)(H,9,10)/t18-;1-,2-/m01/s1. The van der Waals surface area contributed by atoms with E-state index in [1.54, 1.807) is 18.7 Å². The number of ether oxygens (including phenoxy) is 1. The SMILES string of the molecule is COC(=O)CCSCCN(CCC1CCCC1)C(=O)N[C@@H](C)C(=O)N1CCN(C)CC1.O=C(O)[C@H](O)[C@@H](O)C(=O)O. The number of carbonyl (C=O) groups is 5. The van der Waals surface area contributed by atoms with Crippen LogP contribution in [0.3, 0.4) is 0 Å². The third-order valence-electron chi connectivity index (χ3n) is 7.08. The van der Waals surface area contributed by atoms with Crippen LogP contribution in [-0.4, -0.2) is 148 Å². The molecule has 2 aliphatic rings. The number of carboxylic acid groups (broad SMARTS) is 2. The Labute approximate surface area is 245 Å². The number of aliphatic carboxylic acids is 2. The van der Waals surface area contributed by atoms with E-state index in [0.717, 1.165) is 25.3 Å². The highest BCUT2D eigenvalue weighted by Gasteiger charge is 2.29. The number of hydrogen-bond acceptors (Lipinski definition) is 10. The van der Waals surface area contributed by atoms with Crippen molar-refractivity contribution < 1.29 is 49.1 Å². The van der Waals surface area contributed by atoms with Crippen molar-refractivity contribution in [2.24, 2.45) is 5.92 Å². The van der Waals surface area contributed by atoms with Gasteiger partial charge in [0.1, 0.15) is 6.04 Å². The molecule has 1 saturated carbocycles. The zero-order chi connectivity index (χ0) is 30.9. The monoisotopic (exact) mass is 606 g/mol. The summed E-state index contributed by atoms with van der Waals surface area (Å²) < 4.78 is 4.67. The van der Waals surface area contributed by atoms with Gasteiger partial charge in [-0.25, -0.2) is 14.4 Å². The van der Waals surface area contributed by atoms with Crippen molar-refractivity contribution in [1.82, 2.24) is 20.0 Å². The Hall–Kier alpha value is -2.62. The molecule has 0 spiro atoms. The zero-order valence-corrected chi connectivity index (χ0v) is 25.0. The maximum atomic E-state index is 13.0. The second kappa shape index (κ2) is 19.5. The molecule has 1 aliphatic heterocycles. The number of likely N-dealkylation sites (N-methyl/N-ethyl adjacent to an activating group) is 1. The maximum absolute atomic E-state index is 13.0. The number of piperazine rings is 1. The molecule has 1 saturated heterocycles. The summed E-state index contributed by atoms with van der Waals surface area (Å²) >= 11 is 1.65. The summed E-state index contributed by atoms with van der Waals surface area (Å²) in [6.45, 7) is 6.24. The van der Waals surface area contributed by atoms with Crippen molar-refractivity contribution in [3.8, 4) is 0 Å². The molecule has 3 amide bonds. The van der Waals surface area contributed by atoms with Crippen LogP contribution >= 0.6 is 11.8 Å². The summed E-state index contributed by atoms with van der Waals surface area (Å²) in [6.07, 6.45) is 1.94. The van der Waals surface area contributed by atoms with E-state index in [1.165, 1.54) is 32.8 Å². The van der Waals surface area contributed by atoms with E-state index >= 15 is 0 Å². The van der Waals surface area contributed by atoms with Gasteiger partial charge in [-0.1, -0.05) is 25.7 Å². The molecule has 2 fully saturated rings. The predicted molar refractivity (Wildman–Crippen MR) is 151 cm³/mol. The number of carbonyl (C=O) groups excluding carboxylic acids is 3. The van der Waals surface area contributed by atoms with Gasteiger partial charge in [0.05, 0.1) is 13.5 Å². The van der Waals surface area contributed by atoms with Crippen LogP contribution in [0.1, 0.15) is 45.4 Å². The van der Waals surface area contributed by atoms with Gasteiger partial charge in [-0.2, -0.15) is 11.8 Å². The van der Waals surface area contributed by atoms with Gasteiger partial charge in [0, 0.05) is 50.8 Å². The largest absolute Gasteiger partial charge is 0.479 e. The maximum Gasteiger partial charge on any atom is 0.335 e.